The van der Waals surface area contributed by atoms with Gasteiger partial charge in [0.25, 0.3) is 0 Å². The van der Waals surface area contributed by atoms with Crippen molar-refractivity contribution in [1.29, 1.82) is 0 Å². The minimum absolute atomic E-state index is 0. The van der Waals surface area contributed by atoms with Crippen LogP contribution in [0.25, 0.3) is 0 Å². The van der Waals surface area contributed by atoms with Crippen molar-refractivity contribution in [2.24, 2.45) is 5.92 Å². The average molecular weight is 246 g/mol. The molecule has 6 heteroatoms. The predicted octanol–water partition coefficient (Wildman–Crippen LogP) is -7.78. The minimum Gasteiger partial charge on any atom is -0.549 e. The van der Waals surface area contributed by atoms with E-state index < -0.39 is 17.9 Å². The zero-order chi connectivity index (χ0) is 9.14. The summed E-state index contributed by atoms with van der Waals surface area (Å²) in [7, 11) is 0. The first-order valence-electron chi connectivity index (χ1n) is 3.75. The number of carbonyl (C=O) groups is 2. The van der Waals surface area contributed by atoms with E-state index in [4.69, 9.17) is 0 Å². The summed E-state index contributed by atoms with van der Waals surface area (Å²) >= 11 is 0. The first kappa shape index (κ1) is 18.3. The number of aliphatic carboxylic acids is 2. The Labute approximate surface area is 167 Å². The molecule has 0 bridgehead atoms. The Hall–Kier alpha value is 1.95. The van der Waals surface area contributed by atoms with Crippen molar-refractivity contribution in [1.82, 2.24) is 0 Å². The molecule has 0 aromatic rings. The molecule has 1 aliphatic carbocycles. The summed E-state index contributed by atoms with van der Waals surface area (Å²) in [6.07, 6.45) is 3.03. The van der Waals surface area contributed by atoms with Gasteiger partial charge in [-0.25, -0.2) is 0 Å². The van der Waals surface area contributed by atoms with Gasteiger partial charge in [-0.05, 0) is 24.8 Å². The number of carboxylic acid groups (broad SMARTS) is 2. The van der Waals surface area contributed by atoms with Gasteiger partial charge in [-0.2, -0.15) is 0 Å². The van der Waals surface area contributed by atoms with Crippen molar-refractivity contribution >= 4 is 11.9 Å². The van der Waals surface area contributed by atoms with E-state index in [-0.39, 0.29) is 108 Å². The monoisotopic (exact) mass is 246 g/mol. The summed E-state index contributed by atoms with van der Waals surface area (Å²) in [6.45, 7) is 0. The number of carboxylic acids is 2. The van der Waals surface area contributed by atoms with E-state index in [1.807, 2.05) is 0 Å². The predicted molar refractivity (Wildman–Crippen MR) is 35.4 cm³/mol. The second kappa shape index (κ2) is 9.03. The molecule has 0 saturated carbocycles. The summed E-state index contributed by atoms with van der Waals surface area (Å²) in [4.78, 5) is 20.8. The van der Waals surface area contributed by atoms with Crippen molar-refractivity contribution in [3.8, 4) is 0 Å². The molecule has 1 aliphatic rings. The zero-order valence-electron chi connectivity index (χ0n) is 8.41. The molecule has 0 heterocycles. The Balaban J connectivity index is 0. The molecule has 0 amide bonds. The summed E-state index contributed by atoms with van der Waals surface area (Å²) in [6, 6.07) is 0. The quantitative estimate of drug-likeness (QED) is 0.453. The van der Waals surface area contributed by atoms with Crippen LogP contribution in [0.5, 0.6) is 0 Å². The summed E-state index contributed by atoms with van der Waals surface area (Å²) in [5.41, 5.74) is -0.138. The average Bonchev–Trinajstić information content (AvgIpc) is 2.04. The van der Waals surface area contributed by atoms with Crippen molar-refractivity contribution in [2.75, 3.05) is 0 Å². The standard InChI is InChI=1S/C8H10O4.2K/c9-7(10)5-3-1-2-4-6(5)8(11)12;;/h3,6H,1-2,4H2,(H,9,10)(H,11,12);;/q;2*+1/p-2. The van der Waals surface area contributed by atoms with E-state index in [0.29, 0.717) is 19.3 Å². The Morgan fingerprint density at radius 1 is 1.29 bits per heavy atom. The molecule has 0 aromatic carbocycles. The molecular weight excluding hydrogens is 238 g/mol. The fourth-order valence-electron chi connectivity index (χ4n) is 1.35. The third-order valence-electron chi connectivity index (χ3n) is 1.96. The summed E-state index contributed by atoms with van der Waals surface area (Å²) in [5, 5.41) is 20.8. The van der Waals surface area contributed by atoms with Crippen LogP contribution >= 0.6 is 0 Å². The molecule has 66 valence electrons. The number of rotatable bonds is 2. The van der Waals surface area contributed by atoms with Crippen molar-refractivity contribution < 1.29 is 123 Å². The third kappa shape index (κ3) is 5.33. The molecule has 1 atom stereocenters. The molecule has 0 N–H and O–H groups in total. The van der Waals surface area contributed by atoms with Crippen LogP contribution in [0.15, 0.2) is 11.6 Å². The molecule has 0 radical (unpaired) electrons. The van der Waals surface area contributed by atoms with Crippen LogP contribution in [-0.2, 0) is 9.59 Å². The Bertz CT molecular complexity index is 250. The number of carbonyl (C=O) groups excluding carboxylic acids is 2. The molecule has 1 rings (SSSR count). The van der Waals surface area contributed by atoms with Crippen LogP contribution < -0.4 is 113 Å². The van der Waals surface area contributed by atoms with Crippen LogP contribution in [0.4, 0.5) is 0 Å². The van der Waals surface area contributed by atoms with Gasteiger partial charge in [0.05, 0.1) is 5.97 Å². The third-order valence-corrected chi connectivity index (χ3v) is 1.96. The molecule has 1 unspecified atom stereocenters. The fraction of sp³-hybridized carbons (Fsp3) is 0.500. The van der Waals surface area contributed by atoms with Gasteiger partial charge < -0.3 is 19.8 Å². The minimum atomic E-state index is -1.40. The van der Waals surface area contributed by atoms with Gasteiger partial charge in [0.2, 0.25) is 0 Å². The maximum absolute atomic E-state index is 10.4. The molecule has 0 saturated heterocycles. The van der Waals surface area contributed by atoms with Gasteiger partial charge in [-0.1, -0.05) is 6.08 Å². The number of hydrogen-bond acceptors (Lipinski definition) is 4. The van der Waals surface area contributed by atoms with Crippen molar-refractivity contribution in [3.05, 3.63) is 11.6 Å². The van der Waals surface area contributed by atoms with Crippen LogP contribution in [0, 0.1) is 5.92 Å². The van der Waals surface area contributed by atoms with Crippen LogP contribution in [0.1, 0.15) is 19.3 Å². The Kier molecular flexibility index (Phi) is 11.8. The fourth-order valence-corrected chi connectivity index (χ4v) is 1.35. The van der Waals surface area contributed by atoms with Gasteiger partial charge in [-0.15, -0.1) is 0 Å². The first-order valence-corrected chi connectivity index (χ1v) is 3.75. The van der Waals surface area contributed by atoms with E-state index in [0.717, 1.165) is 0 Å². The van der Waals surface area contributed by atoms with E-state index in [2.05, 4.69) is 0 Å². The normalized spacial score (nSPS) is 19.7. The largest absolute Gasteiger partial charge is 1.00 e. The second-order valence-corrected chi connectivity index (χ2v) is 2.75. The topological polar surface area (TPSA) is 80.3 Å². The van der Waals surface area contributed by atoms with Crippen LogP contribution in [0.3, 0.4) is 0 Å². The second-order valence-electron chi connectivity index (χ2n) is 2.75. The van der Waals surface area contributed by atoms with Gasteiger partial charge >= 0.3 is 103 Å². The van der Waals surface area contributed by atoms with Gasteiger partial charge in [-0.3, -0.25) is 0 Å². The maximum atomic E-state index is 10.4. The molecular formula is C8H8K2O4. The van der Waals surface area contributed by atoms with Crippen molar-refractivity contribution in [2.45, 2.75) is 19.3 Å². The van der Waals surface area contributed by atoms with Crippen LogP contribution in [-0.4, -0.2) is 11.9 Å². The van der Waals surface area contributed by atoms with Gasteiger partial charge in [0.1, 0.15) is 0 Å². The molecule has 4 nitrogen and oxygen atoms in total. The zero-order valence-corrected chi connectivity index (χ0v) is 14.7. The van der Waals surface area contributed by atoms with Crippen LogP contribution in [0.2, 0.25) is 0 Å². The molecule has 14 heavy (non-hydrogen) atoms. The molecule has 0 spiro atoms. The smallest absolute Gasteiger partial charge is 0.549 e. The Morgan fingerprint density at radius 3 is 2.21 bits per heavy atom. The molecule has 0 aliphatic heterocycles. The Morgan fingerprint density at radius 2 is 1.86 bits per heavy atom. The summed E-state index contributed by atoms with van der Waals surface area (Å²) < 4.78 is 0. The maximum Gasteiger partial charge on any atom is 1.00 e. The van der Waals surface area contributed by atoms with E-state index in [1.165, 1.54) is 6.08 Å². The van der Waals surface area contributed by atoms with E-state index >= 15 is 0 Å². The van der Waals surface area contributed by atoms with Gasteiger partial charge in [0.15, 0.2) is 0 Å². The van der Waals surface area contributed by atoms with E-state index in [1.54, 1.807) is 0 Å². The molecule has 0 aromatic heterocycles. The van der Waals surface area contributed by atoms with E-state index in [9.17, 15) is 19.8 Å². The number of allylic oxidation sites excluding steroid dienone is 1. The summed E-state index contributed by atoms with van der Waals surface area (Å²) in [5.74, 6) is -3.71. The van der Waals surface area contributed by atoms with Crippen molar-refractivity contribution in [3.63, 3.8) is 0 Å². The van der Waals surface area contributed by atoms with Gasteiger partial charge in [0, 0.05) is 11.9 Å². The number of hydrogen-bond donors (Lipinski definition) is 0. The first-order chi connectivity index (χ1) is 5.63. The molecule has 0 fully saturated rings. The SMILES string of the molecule is O=C([O-])C1=CCCCC1C(=O)[O-].[K+].[K+].